The first-order chi connectivity index (χ1) is 13.4. The minimum absolute atomic E-state index is 0.00731. The van der Waals surface area contributed by atoms with Crippen molar-refractivity contribution in [3.05, 3.63) is 59.1 Å². The number of likely N-dealkylation sites (tertiary alicyclic amines) is 1. The van der Waals surface area contributed by atoms with E-state index in [1.807, 2.05) is 61.2 Å². The summed E-state index contributed by atoms with van der Waals surface area (Å²) in [5.74, 6) is 0.119. The minimum Gasteiger partial charge on any atom is -0.326 e. The van der Waals surface area contributed by atoms with E-state index in [9.17, 15) is 9.59 Å². The maximum atomic E-state index is 12.6. The van der Waals surface area contributed by atoms with Crippen LogP contribution in [-0.4, -0.2) is 29.9 Å². The summed E-state index contributed by atoms with van der Waals surface area (Å²) in [6, 6.07) is 14.9. The van der Waals surface area contributed by atoms with Crippen molar-refractivity contribution in [2.45, 2.75) is 26.7 Å². The van der Waals surface area contributed by atoms with Gasteiger partial charge in [0.2, 0.25) is 5.91 Å². The van der Waals surface area contributed by atoms with E-state index in [-0.39, 0.29) is 23.8 Å². The van der Waals surface area contributed by atoms with Crippen LogP contribution >= 0.6 is 11.6 Å². The number of aryl methyl sites for hydroxylation is 1. The molecule has 5 nitrogen and oxygen atoms in total. The lowest BCUT2D eigenvalue weighted by Gasteiger charge is -2.34. The molecule has 0 aromatic heterocycles. The van der Waals surface area contributed by atoms with Gasteiger partial charge in [-0.25, -0.2) is 4.79 Å². The number of hydrogen-bond acceptors (Lipinski definition) is 2. The number of amides is 3. The number of nitrogens with one attached hydrogen (secondary N) is 2. The van der Waals surface area contributed by atoms with E-state index in [0.717, 1.165) is 24.1 Å². The van der Waals surface area contributed by atoms with Crippen LogP contribution in [0.15, 0.2) is 48.5 Å². The third-order valence-corrected chi connectivity index (χ3v) is 5.82. The molecular weight excluding hydrogens is 374 g/mol. The molecular formula is C22H26ClN3O2. The summed E-state index contributed by atoms with van der Waals surface area (Å²) in [6.07, 6.45) is 1.62. The Morgan fingerprint density at radius 3 is 2.36 bits per heavy atom. The van der Waals surface area contributed by atoms with Crippen LogP contribution in [0, 0.1) is 18.8 Å². The van der Waals surface area contributed by atoms with Crippen molar-refractivity contribution in [2.24, 2.45) is 11.8 Å². The molecule has 6 heteroatoms. The summed E-state index contributed by atoms with van der Waals surface area (Å²) in [4.78, 5) is 26.8. The maximum Gasteiger partial charge on any atom is 0.321 e. The Labute approximate surface area is 171 Å². The maximum absolute atomic E-state index is 12.6. The first-order valence-corrected chi connectivity index (χ1v) is 10.00. The molecule has 3 rings (SSSR count). The number of para-hydroxylation sites is 1. The van der Waals surface area contributed by atoms with E-state index in [4.69, 9.17) is 11.6 Å². The number of hydrogen-bond donors (Lipinski definition) is 2. The number of piperidine rings is 1. The second-order valence-electron chi connectivity index (χ2n) is 7.36. The summed E-state index contributed by atoms with van der Waals surface area (Å²) in [5, 5.41) is 6.52. The van der Waals surface area contributed by atoms with E-state index in [0.29, 0.717) is 23.8 Å². The van der Waals surface area contributed by atoms with Gasteiger partial charge >= 0.3 is 6.03 Å². The number of halogens is 1. The molecule has 1 fully saturated rings. The predicted molar refractivity (Wildman–Crippen MR) is 114 cm³/mol. The third kappa shape index (κ3) is 5.04. The van der Waals surface area contributed by atoms with Gasteiger partial charge in [0.05, 0.1) is 0 Å². The fourth-order valence-electron chi connectivity index (χ4n) is 3.47. The van der Waals surface area contributed by atoms with E-state index in [2.05, 4.69) is 10.6 Å². The monoisotopic (exact) mass is 399 g/mol. The van der Waals surface area contributed by atoms with E-state index in [1.54, 1.807) is 6.07 Å². The molecule has 1 atom stereocenters. The van der Waals surface area contributed by atoms with Gasteiger partial charge in [-0.05, 0) is 55.5 Å². The Bertz CT molecular complexity index is 833. The quantitative estimate of drug-likeness (QED) is 0.745. The van der Waals surface area contributed by atoms with Crippen molar-refractivity contribution in [3.8, 4) is 0 Å². The lowest BCUT2D eigenvalue weighted by Crippen LogP contribution is -2.43. The van der Waals surface area contributed by atoms with Crippen LogP contribution in [0.2, 0.25) is 5.02 Å². The Morgan fingerprint density at radius 1 is 1.04 bits per heavy atom. The summed E-state index contributed by atoms with van der Waals surface area (Å²) in [7, 11) is 0. The average Bonchev–Trinajstić information content (AvgIpc) is 2.71. The van der Waals surface area contributed by atoms with Gasteiger partial charge in [0.1, 0.15) is 0 Å². The third-order valence-electron chi connectivity index (χ3n) is 5.41. The molecule has 0 aliphatic carbocycles. The normalized spacial score (nSPS) is 15.8. The van der Waals surface area contributed by atoms with Gasteiger partial charge in [0.15, 0.2) is 0 Å². The van der Waals surface area contributed by atoms with Gasteiger partial charge in [-0.15, -0.1) is 0 Å². The number of carbonyl (C=O) groups excluding carboxylic acids is 2. The van der Waals surface area contributed by atoms with Crippen molar-refractivity contribution in [3.63, 3.8) is 0 Å². The molecule has 3 amide bonds. The molecule has 1 heterocycles. The van der Waals surface area contributed by atoms with E-state index in [1.165, 1.54) is 0 Å². The molecule has 28 heavy (non-hydrogen) atoms. The number of rotatable bonds is 4. The van der Waals surface area contributed by atoms with Gasteiger partial charge < -0.3 is 15.5 Å². The van der Waals surface area contributed by atoms with Crippen molar-refractivity contribution in [1.82, 2.24) is 4.90 Å². The minimum atomic E-state index is -0.126. The number of anilines is 2. The molecule has 0 radical (unpaired) electrons. The average molecular weight is 400 g/mol. The molecule has 1 aliphatic heterocycles. The molecule has 1 saturated heterocycles. The highest BCUT2D eigenvalue weighted by molar-refractivity contribution is 6.31. The van der Waals surface area contributed by atoms with Crippen molar-refractivity contribution in [1.29, 1.82) is 0 Å². The van der Waals surface area contributed by atoms with Gasteiger partial charge in [-0.1, -0.05) is 42.8 Å². The van der Waals surface area contributed by atoms with Crippen LogP contribution in [0.4, 0.5) is 16.2 Å². The number of urea groups is 1. The Balaban J connectivity index is 1.50. The SMILES string of the molecule is Cc1ccc(NC(=O)[C@H](C)C2CCN(C(=O)Nc3ccccc3)CC2)cc1Cl. The molecule has 2 aromatic carbocycles. The van der Waals surface area contributed by atoms with Crippen molar-refractivity contribution < 1.29 is 9.59 Å². The molecule has 0 saturated carbocycles. The summed E-state index contributed by atoms with van der Waals surface area (Å²) >= 11 is 6.13. The van der Waals surface area contributed by atoms with E-state index < -0.39 is 0 Å². The Kier molecular flexibility index (Phi) is 6.57. The first kappa shape index (κ1) is 20.2. The molecule has 0 bridgehead atoms. The Hall–Kier alpha value is -2.53. The smallest absolute Gasteiger partial charge is 0.321 e. The molecule has 2 aromatic rings. The van der Waals surface area contributed by atoms with Crippen LogP contribution in [0.1, 0.15) is 25.3 Å². The standard InChI is InChI=1S/C22H26ClN3O2/c1-15-8-9-19(14-20(15)23)24-21(27)16(2)17-10-12-26(13-11-17)22(28)25-18-6-4-3-5-7-18/h3-9,14,16-17H,10-13H2,1-2H3,(H,24,27)(H,25,28)/t16-/m1/s1. The van der Waals surface area contributed by atoms with Gasteiger partial charge in [-0.2, -0.15) is 0 Å². The second kappa shape index (κ2) is 9.11. The summed E-state index contributed by atoms with van der Waals surface area (Å²) in [6.45, 7) is 5.18. The van der Waals surface area contributed by atoms with Crippen LogP contribution < -0.4 is 10.6 Å². The lowest BCUT2D eigenvalue weighted by molar-refractivity contribution is -0.121. The molecule has 148 valence electrons. The van der Waals surface area contributed by atoms with Gasteiger partial charge in [0, 0.05) is 35.4 Å². The summed E-state index contributed by atoms with van der Waals surface area (Å²) in [5.41, 5.74) is 2.49. The van der Waals surface area contributed by atoms with Crippen molar-refractivity contribution in [2.75, 3.05) is 23.7 Å². The molecule has 0 spiro atoms. The van der Waals surface area contributed by atoms with Gasteiger partial charge in [-0.3, -0.25) is 4.79 Å². The molecule has 1 aliphatic rings. The highest BCUT2D eigenvalue weighted by atomic mass is 35.5. The van der Waals surface area contributed by atoms with Crippen LogP contribution in [0.5, 0.6) is 0 Å². The predicted octanol–water partition coefficient (Wildman–Crippen LogP) is 5.17. The fraction of sp³-hybridized carbons (Fsp3) is 0.364. The Morgan fingerprint density at radius 2 is 1.71 bits per heavy atom. The fourth-order valence-corrected chi connectivity index (χ4v) is 3.65. The summed E-state index contributed by atoms with van der Waals surface area (Å²) < 4.78 is 0. The van der Waals surface area contributed by atoms with Gasteiger partial charge in [0.25, 0.3) is 0 Å². The van der Waals surface area contributed by atoms with Crippen LogP contribution in [0.3, 0.4) is 0 Å². The van der Waals surface area contributed by atoms with Crippen molar-refractivity contribution >= 4 is 34.9 Å². The van der Waals surface area contributed by atoms with E-state index >= 15 is 0 Å². The highest BCUT2D eigenvalue weighted by Crippen LogP contribution is 2.27. The number of nitrogens with zero attached hydrogens (tertiary/aromatic N) is 1. The van der Waals surface area contributed by atoms with Crippen LogP contribution in [-0.2, 0) is 4.79 Å². The zero-order valence-corrected chi connectivity index (χ0v) is 17.0. The molecule has 0 unspecified atom stereocenters. The zero-order valence-electron chi connectivity index (χ0n) is 16.2. The number of carbonyl (C=O) groups is 2. The highest BCUT2D eigenvalue weighted by Gasteiger charge is 2.30. The second-order valence-corrected chi connectivity index (χ2v) is 7.77. The number of benzene rings is 2. The zero-order chi connectivity index (χ0) is 20.1. The van der Waals surface area contributed by atoms with Crippen LogP contribution in [0.25, 0.3) is 0 Å². The first-order valence-electron chi connectivity index (χ1n) is 9.62. The topological polar surface area (TPSA) is 61.4 Å². The molecule has 2 N–H and O–H groups in total. The largest absolute Gasteiger partial charge is 0.326 e. The lowest BCUT2D eigenvalue weighted by atomic mass is 9.85.